The van der Waals surface area contributed by atoms with Crippen molar-refractivity contribution < 1.29 is 17.9 Å². The van der Waals surface area contributed by atoms with Crippen molar-refractivity contribution in [2.75, 3.05) is 49.6 Å². The predicted molar refractivity (Wildman–Crippen MR) is 114 cm³/mol. The molecule has 0 spiro atoms. The van der Waals surface area contributed by atoms with E-state index in [0.717, 1.165) is 18.8 Å². The molecule has 8 heteroatoms. The zero-order valence-electron chi connectivity index (χ0n) is 16.8. The van der Waals surface area contributed by atoms with Crippen molar-refractivity contribution in [2.45, 2.75) is 18.7 Å². The first-order valence-electron chi connectivity index (χ1n) is 9.80. The summed E-state index contributed by atoms with van der Waals surface area (Å²) in [6.07, 6.45) is 0. The molecule has 3 rings (SSSR count). The lowest BCUT2D eigenvalue weighted by Gasteiger charge is -2.26. The van der Waals surface area contributed by atoms with Crippen molar-refractivity contribution in [3.05, 3.63) is 54.1 Å². The number of carbonyl (C=O) groups is 1. The molecule has 1 heterocycles. The van der Waals surface area contributed by atoms with Crippen LogP contribution in [0.2, 0.25) is 0 Å². The van der Waals surface area contributed by atoms with Gasteiger partial charge in [-0.05, 0) is 56.3 Å². The Balaban J connectivity index is 1.74. The van der Waals surface area contributed by atoms with Crippen LogP contribution >= 0.6 is 0 Å². The van der Waals surface area contributed by atoms with Gasteiger partial charge in [-0.1, -0.05) is 6.07 Å². The van der Waals surface area contributed by atoms with Gasteiger partial charge >= 0.3 is 0 Å². The minimum absolute atomic E-state index is 0.115. The van der Waals surface area contributed by atoms with Crippen LogP contribution in [-0.2, 0) is 14.8 Å². The van der Waals surface area contributed by atoms with Gasteiger partial charge in [-0.3, -0.25) is 4.79 Å². The maximum absolute atomic E-state index is 12.8. The molecular weight excluding hydrogens is 390 g/mol. The highest BCUT2D eigenvalue weighted by atomic mass is 32.2. The quantitative estimate of drug-likeness (QED) is 0.749. The van der Waals surface area contributed by atoms with Crippen LogP contribution < -0.4 is 10.2 Å². The third kappa shape index (κ3) is 4.95. The molecular formula is C21H27N3O4S. The van der Waals surface area contributed by atoms with E-state index in [9.17, 15) is 13.2 Å². The molecule has 2 aromatic carbocycles. The van der Waals surface area contributed by atoms with Gasteiger partial charge in [0, 0.05) is 43.1 Å². The smallest absolute Gasteiger partial charge is 0.255 e. The second kappa shape index (κ2) is 9.39. The number of sulfonamides is 1. The molecule has 29 heavy (non-hydrogen) atoms. The van der Waals surface area contributed by atoms with Crippen molar-refractivity contribution in [3.63, 3.8) is 0 Å². The summed E-state index contributed by atoms with van der Waals surface area (Å²) >= 11 is 0. The van der Waals surface area contributed by atoms with E-state index in [-0.39, 0.29) is 10.8 Å². The van der Waals surface area contributed by atoms with E-state index in [2.05, 4.69) is 24.1 Å². The zero-order chi connectivity index (χ0) is 20.9. The molecule has 1 aliphatic heterocycles. The second-order valence-corrected chi connectivity index (χ2v) is 8.66. The molecule has 1 N–H and O–H groups in total. The molecule has 7 nitrogen and oxygen atoms in total. The van der Waals surface area contributed by atoms with E-state index in [4.69, 9.17) is 4.74 Å². The number of rotatable bonds is 7. The third-order valence-corrected chi connectivity index (χ3v) is 6.85. The van der Waals surface area contributed by atoms with Crippen LogP contribution in [-0.4, -0.2) is 58.0 Å². The van der Waals surface area contributed by atoms with Crippen molar-refractivity contribution >= 4 is 27.3 Å². The van der Waals surface area contributed by atoms with Gasteiger partial charge in [0.05, 0.1) is 18.1 Å². The fraction of sp³-hybridized carbons (Fsp3) is 0.381. The molecule has 1 amide bonds. The summed E-state index contributed by atoms with van der Waals surface area (Å²) < 4.78 is 32.2. The number of hydrogen-bond acceptors (Lipinski definition) is 5. The number of carbonyl (C=O) groups excluding carboxylic acids is 1. The summed E-state index contributed by atoms with van der Waals surface area (Å²) in [6.45, 7) is 7.40. The molecule has 0 saturated carbocycles. The monoisotopic (exact) mass is 417 g/mol. The van der Waals surface area contributed by atoms with Crippen LogP contribution in [0.3, 0.4) is 0 Å². The Morgan fingerprint density at radius 2 is 1.72 bits per heavy atom. The van der Waals surface area contributed by atoms with Gasteiger partial charge in [-0.25, -0.2) is 8.42 Å². The van der Waals surface area contributed by atoms with Gasteiger partial charge < -0.3 is 15.0 Å². The highest BCUT2D eigenvalue weighted by Gasteiger charge is 2.26. The molecule has 1 fully saturated rings. The largest absolute Gasteiger partial charge is 0.379 e. The summed E-state index contributed by atoms with van der Waals surface area (Å²) in [5, 5.41) is 2.83. The number of benzene rings is 2. The third-order valence-electron chi connectivity index (χ3n) is 4.96. The van der Waals surface area contributed by atoms with Gasteiger partial charge in [0.2, 0.25) is 10.0 Å². The first kappa shape index (κ1) is 21.3. The number of ether oxygens (including phenoxy) is 1. The first-order valence-corrected chi connectivity index (χ1v) is 11.2. The van der Waals surface area contributed by atoms with Crippen LogP contribution in [0, 0.1) is 0 Å². The van der Waals surface area contributed by atoms with Gasteiger partial charge in [0.1, 0.15) is 0 Å². The average molecular weight is 418 g/mol. The number of morpholine rings is 1. The Kier molecular flexibility index (Phi) is 6.89. The van der Waals surface area contributed by atoms with Crippen LogP contribution in [0.4, 0.5) is 11.4 Å². The van der Waals surface area contributed by atoms with E-state index in [1.807, 2.05) is 24.3 Å². The molecule has 2 aromatic rings. The van der Waals surface area contributed by atoms with Crippen LogP contribution in [0.1, 0.15) is 24.2 Å². The molecule has 156 valence electrons. The second-order valence-electron chi connectivity index (χ2n) is 6.72. The SMILES string of the molecule is CCN(CC)c1ccc(NC(=O)c2cccc(S(=O)(=O)N3CCOCC3)c2)cc1. The van der Waals surface area contributed by atoms with E-state index < -0.39 is 10.0 Å². The number of nitrogens with zero attached hydrogens (tertiary/aromatic N) is 2. The molecule has 1 aliphatic rings. The number of nitrogens with one attached hydrogen (secondary N) is 1. The minimum atomic E-state index is -3.64. The van der Waals surface area contributed by atoms with Gasteiger partial charge in [0.25, 0.3) is 5.91 Å². The van der Waals surface area contributed by atoms with E-state index in [0.29, 0.717) is 37.6 Å². The fourth-order valence-electron chi connectivity index (χ4n) is 3.28. The van der Waals surface area contributed by atoms with Crippen molar-refractivity contribution in [1.82, 2.24) is 4.31 Å². The van der Waals surface area contributed by atoms with E-state index >= 15 is 0 Å². The van der Waals surface area contributed by atoms with Crippen molar-refractivity contribution in [3.8, 4) is 0 Å². The maximum Gasteiger partial charge on any atom is 0.255 e. The zero-order valence-corrected chi connectivity index (χ0v) is 17.6. The highest BCUT2D eigenvalue weighted by molar-refractivity contribution is 7.89. The minimum Gasteiger partial charge on any atom is -0.379 e. The Bertz CT molecular complexity index is 935. The average Bonchev–Trinajstić information content (AvgIpc) is 2.76. The fourth-order valence-corrected chi connectivity index (χ4v) is 4.74. The molecule has 0 bridgehead atoms. The van der Waals surface area contributed by atoms with Crippen LogP contribution in [0.5, 0.6) is 0 Å². The van der Waals surface area contributed by atoms with Gasteiger partial charge in [-0.2, -0.15) is 4.31 Å². The molecule has 0 atom stereocenters. The Morgan fingerprint density at radius 1 is 1.07 bits per heavy atom. The number of amides is 1. The molecule has 0 aromatic heterocycles. The van der Waals surface area contributed by atoms with Crippen molar-refractivity contribution in [2.24, 2.45) is 0 Å². The highest BCUT2D eigenvalue weighted by Crippen LogP contribution is 2.21. The first-order chi connectivity index (χ1) is 14.0. The number of hydrogen-bond donors (Lipinski definition) is 1. The van der Waals surface area contributed by atoms with Gasteiger partial charge in [0.15, 0.2) is 0 Å². The van der Waals surface area contributed by atoms with E-state index in [1.54, 1.807) is 12.1 Å². The lowest BCUT2D eigenvalue weighted by molar-refractivity contribution is 0.0730. The summed E-state index contributed by atoms with van der Waals surface area (Å²) in [4.78, 5) is 15.0. The standard InChI is InChI=1S/C21H27N3O4S/c1-3-23(4-2)19-10-8-18(9-11-19)22-21(25)17-6-5-7-20(16-17)29(26,27)24-12-14-28-15-13-24/h5-11,16H,3-4,12-15H2,1-2H3,(H,22,25). The van der Waals surface area contributed by atoms with Crippen LogP contribution in [0.25, 0.3) is 0 Å². The topological polar surface area (TPSA) is 79.0 Å². The number of anilines is 2. The Labute approximate surface area is 172 Å². The van der Waals surface area contributed by atoms with Crippen LogP contribution in [0.15, 0.2) is 53.4 Å². The maximum atomic E-state index is 12.8. The lowest BCUT2D eigenvalue weighted by Crippen LogP contribution is -2.40. The van der Waals surface area contributed by atoms with Gasteiger partial charge in [-0.15, -0.1) is 0 Å². The normalized spacial score (nSPS) is 15.1. The summed E-state index contributed by atoms with van der Waals surface area (Å²) in [7, 11) is -3.64. The van der Waals surface area contributed by atoms with E-state index in [1.165, 1.54) is 16.4 Å². The Hall–Kier alpha value is -2.42. The predicted octanol–water partition coefficient (Wildman–Crippen LogP) is 2.81. The summed E-state index contributed by atoms with van der Waals surface area (Å²) in [5.41, 5.74) is 2.05. The Morgan fingerprint density at radius 3 is 2.34 bits per heavy atom. The molecule has 0 aliphatic carbocycles. The molecule has 1 saturated heterocycles. The molecule has 0 unspecified atom stereocenters. The summed E-state index contributed by atoms with van der Waals surface area (Å²) in [5.74, 6) is -0.348. The molecule has 0 radical (unpaired) electrons. The lowest BCUT2D eigenvalue weighted by atomic mass is 10.2. The van der Waals surface area contributed by atoms with Crippen molar-refractivity contribution in [1.29, 1.82) is 0 Å². The summed E-state index contributed by atoms with van der Waals surface area (Å²) in [6, 6.07) is 13.7.